The lowest BCUT2D eigenvalue weighted by atomic mass is 10.1. The van der Waals surface area contributed by atoms with E-state index in [9.17, 15) is 4.79 Å². The fraction of sp³-hybridized carbons (Fsp3) is 0.273. The molecule has 1 aliphatic rings. The van der Waals surface area contributed by atoms with Crippen molar-refractivity contribution in [2.75, 3.05) is 6.54 Å². The molecule has 0 saturated heterocycles. The third kappa shape index (κ3) is 3.81. The van der Waals surface area contributed by atoms with Crippen molar-refractivity contribution in [3.05, 3.63) is 82.1 Å². The Morgan fingerprint density at radius 2 is 2.04 bits per heavy atom. The van der Waals surface area contributed by atoms with Crippen LogP contribution in [0.15, 0.2) is 54.7 Å². The number of nitrogens with zero attached hydrogens (tertiary/aromatic N) is 2. The highest BCUT2D eigenvalue weighted by Gasteiger charge is 2.33. The topological polar surface area (TPSA) is 72.9 Å². The van der Waals surface area contributed by atoms with E-state index in [0.29, 0.717) is 23.0 Å². The van der Waals surface area contributed by atoms with E-state index in [1.54, 1.807) is 6.20 Å². The largest absolute Gasteiger partial charge is 0.350 e. The van der Waals surface area contributed by atoms with Gasteiger partial charge in [-0.2, -0.15) is 5.10 Å². The Hall–Kier alpha value is -2.63. The molecule has 1 heterocycles. The van der Waals surface area contributed by atoms with Crippen molar-refractivity contribution in [3.8, 4) is 5.69 Å². The van der Waals surface area contributed by atoms with Gasteiger partial charge in [0.1, 0.15) is 0 Å². The van der Waals surface area contributed by atoms with Crippen LogP contribution >= 0.6 is 11.6 Å². The minimum atomic E-state index is -0.250. The van der Waals surface area contributed by atoms with Crippen LogP contribution in [0.3, 0.4) is 0 Å². The molecule has 4 rings (SSSR count). The van der Waals surface area contributed by atoms with Crippen LogP contribution in [-0.4, -0.2) is 22.2 Å². The molecule has 1 fully saturated rings. The zero-order chi connectivity index (χ0) is 19.7. The van der Waals surface area contributed by atoms with E-state index >= 15 is 0 Å². The lowest BCUT2D eigenvalue weighted by Crippen LogP contribution is -2.32. The zero-order valence-corrected chi connectivity index (χ0v) is 16.5. The second kappa shape index (κ2) is 7.78. The first kappa shape index (κ1) is 18.7. The monoisotopic (exact) mass is 394 g/mol. The molecule has 1 unspecified atom stereocenters. The van der Waals surface area contributed by atoms with E-state index < -0.39 is 0 Å². The average molecular weight is 395 g/mol. The van der Waals surface area contributed by atoms with Crippen molar-refractivity contribution in [1.82, 2.24) is 15.1 Å². The van der Waals surface area contributed by atoms with Gasteiger partial charge >= 0.3 is 0 Å². The minimum absolute atomic E-state index is 0.141. The molecule has 3 aromatic rings. The van der Waals surface area contributed by atoms with E-state index in [1.165, 1.54) is 0 Å². The lowest BCUT2D eigenvalue weighted by molar-refractivity contribution is 0.0950. The molecule has 0 spiro atoms. The molecule has 2 aromatic carbocycles. The van der Waals surface area contributed by atoms with Crippen LogP contribution in [0.2, 0.25) is 5.02 Å². The van der Waals surface area contributed by atoms with Crippen molar-refractivity contribution in [1.29, 1.82) is 0 Å². The van der Waals surface area contributed by atoms with Gasteiger partial charge in [0.2, 0.25) is 0 Å². The molecule has 1 amide bonds. The number of benzene rings is 2. The molecule has 5 nitrogen and oxygen atoms in total. The van der Waals surface area contributed by atoms with Crippen molar-refractivity contribution in [2.24, 2.45) is 5.73 Å². The molecule has 1 aliphatic carbocycles. The van der Waals surface area contributed by atoms with Crippen LogP contribution in [0.25, 0.3) is 5.69 Å². The van der Waals surface area contributed by atoms with Gasteiger partial charge in [0.25, 0.3) is 5.91 Å². The smallest absolute Gasteiger partial charge is 0.254 e. The number of aryl methyl sites for hydroxylation is 1. The summed E-state index contributed by atoms with van der Waals surface area (Å²) < 4.78 is 1.84. The van der Waals surface area contributed by atoms with Crippen LogP contribution < -0.4 is 11.1 Å². The number of amides is 1. The van der Waals surface area contributed by atoms with Crippen molar-refractivity contribution >= 4 is 17.5 Å². The quantitative estimate of drug-likeness (QED) is 0.659. The molecule has 144 valence electrons. The number of carbonyl (C=O) groups is 1. The van der Waals surface area contributed by atoms with Crippen LogP contribution in [-0.2, 0) is 0 Å². The predicted octanol–water partition coefficient (Wildman–Crippen LogP) is 4.14. The Morgan fingerprint density at radius 1 is 1.29 bits per heavy atom. The summed E-state index contributed by atoms with van der Waals surface area (Å²) in [6.45, 7) is 2.33. The third-order valence-electron chi connectivity index (χ3n) is 5.13. The highest BCUT2D eigenvalue weighted by atomic mass is 35.5. The Labute approximate surface area is 169 Å². The normalized spacial score (nSPS) is 14.7. The van der Waals surface area contributed by atoms with Gasteiger partial charge in [-0.05, 0) is 43.0 Å². The zero-order valence-electron chi connectivity index (χ0n) is 15.7. The maximum atomic E-state index is 12.9. The van der Waals surface area contributed by atoms with Crippen molar-refractivity contribution in [2.45, 2.75) is 31.7 Å². The second-order valence-electron chi connectivity index (χ2n) is 7.29. The van der Waals surface area contributed by atoms with Crippen LogP contribution in [0.5, 0.6) is 0 Å². The maximum Gasteiger partial charge on any atom is 0.254 e. The summed E-state index contributed by atoms with van der Waals surface area (Å²) in [5, 5.41) is 8.14. The van der Waals surface area contributed by atoms with Crippen LogP contribution in [0.4, 0.5) is 0 Å². The van der Waals surface area contributed by atoms with E-state index in [2.05, 4.69) is 10.4 Å². The molecule has 1 aromatic heterocycles. The molecule has 28 heavy (non-hydrogen) atoms. The van der Waals surface area contributed by atoms with E-state index in [4.69, 9.17) is 17.3 Å². The Kier molecular flexibility index (Phi) is 5.20. The maximum absolute atomic E-state index is 12.9. The molecule has 1 atom stereocenters. The highest BCUT2D eigenvalue weighted by molar-refractivity contribution is 6.31. The van der Waals surface area contributed by atoms with Gasteiger partial charge in [0.15, 0.2) is 0 Å². The summed E-state index contributed by atoms with van der Waals surface area (Å²) in [7, 11) is 0. The van der Waals surface area contributed by atoms with Gasteiger partial charge in [-0.1, -0.05) is 48.0 Å². The van der Waals surface area contributed by atoms with Gasteiger partial charge in [0, 0.05) is 23.5 Å². The molecule has 0 aliphatic heterocycles. The molecule has 0 radical (unpaired) electrons. The lowest BCUT2D eigenvalue weighted by Gasteiger charge is -2.14. The SMILES string of the molecule is Cc1ccc(-n2ncc(C(=O)NCC(N)c3ccccc3)c2C2CC2)cc1Cl. The minimum Gasteiger partial charge on any atom is -0.350 e. The molecule has 1 saturated carbocycles. The Bertz CT molecular complexity index is 995. The molecule has 0 bridgehead atoms. The average Bonchev–Trinajstić information content (AvgIpc) is 3.46. The standard InChI is InChI=1S/C22H23ClN4O/c1-14-7-10-17(11-19(14)23)27-21(16-8-9-16)18(12-26-27)22(28)25-13-20(24)15-5-3-2-4-6-15/h2-7,10-12,16,20H,8-9,13,24H2,1H3,(H,25,28). The number of aromatic nitrogens is 2. The van der Waals surface area contributed by atoms with E-state index in [-0.39, 0.29) is 11.9 Å². The third-order valence-corrected chi connectivity index (χ3v) is 5.53. The van der Waals surface area contributed by atoms with Gasteiger partial charge in [0.05, 0.1) is 23.1 Å². The Balaban J connectivity index is 1.55. The van der Waals surface area contributed by atoms with Gasteiger partial charge in [-0.15, -0.1) is 0 Å². The second-order valence-corrected chi connectivity index (χ2v) is 7.70. The first-order valence-electron chi connectivity index (χ1n) is 9.47. The van der Waals surface area contributed by atoms with Gasteiger partial charge < -0.3 is 11.1 Å². The number of carbonyl (C=O) groups excluding carboxylic acids is 1. The van der Waals surface area contributed by atoms with Crippen molar-refractivity contribution in [3.63, 3.8) is 0 Å². The fourth-order valence-electron chi connectivity index (χ4n) is 3.32. The number of rotatable bonds is 6. The fourth-order valence-corrected chi connectivity index (χ4v) is 3.49. The summed E-state index contributed by atoms with van der Waals surface area (Å²) in [4.78, 5) is 12.9. The molecular weight excluding hydrogens is 372 g/mol. The first-order chi connectivity index (χ1) is 13.5. The highest BCUT2D eigenvalue weighted by Crippen LogP contribution is 2.42. The number of nitrogens with two attached hydrogens (primary N) is 1. The predicted molar refractivity (Wildman–Crippen MR) is 111 cm³/mol. The summed E-state index contributed by atoms with van der Waals surface area (Å²) >= 11 is 6.29. The van der Waals surface area contributed by atoms with Crippen LogP contribution in [0.1, 0.15) is 52.0 Å². The molecular formula is C22H23ClN4O. The number of halogens is 1. The van der Waals surface area contributed by atoms with Gasteiger partial charge in [-0.3, -0.25) is 4.79 Å². The van der Waals surface area contributed by atoms with Gasteiger partial charge in [-0.25, -0.2) is 4.68 Å². The number of hydrogen-bond donors (Lipinski definition) is 2. The van der Waals surface area contributed by atoms with E-state index in [0.717, 1.165) is 35.3 Å². The number of hydrogen-bond acceptors (Lipinski definition) is 3. The Morgan fingerprint density at radius 3 is 2.71 bits per heavy atom. The number of nitrogens with one attached hydrogen (secondary N) is 1. The molecule has 3 N–H and O–H groups in total. The van der Waals surface area contributed by atoms with Crippen molar-refractivity contribution < 1.29 is 4.79 Å². The summed E-state index contributed by atoms with van der Waals surface area (Å²) in [5.74, 6) is 0.212. The summed E-state index contributed by atoms with van der Waals surface area (Å²) in [6, 6.07) is 15.3. The van der Waals surface area contributed by atoms with E-state index in [1.807, 2.05) is 60.1 Å². The molecule has 6 heteroatoms. The van der Waals surface area contributed by atoms with Crippen LogP contribution in [0, 0.1) is 6.92 Å². The summed E-state index contributed by atoms with van der Waals surface area (Å²) in [5.41, 5.74) is 10.6. The first-order valence-corrected chi connectivity index (χ1v) is 9.85. The summed E-state index contributed by atoms with van der Waals surface area (Å²) in [6.07, 6.45) is 3.77.